The predicted octanol–water partition coefficient (Wildman–Crippen LogP) is 5.47. The molecule has 1 aromatic rings. The van der Waals surface area contributed by atoms with Crippen molar-refractivity contribution in [3.05, 3.63) is 17.9 Å². The molecule has 0 radical (unpaired) electrons. The van der Waals surface area contributed by atoms with Crippen molar-refractivity contribution in [1.29, 1.82) is 0 Å². The van der Waals surface area contributed by atoms with Crippen LogP contribution in [-0.4, -0.2) is 16.3 Å². The number of aliphatic hydroxyl groups is 1. The van der Waals surface area contributed by atoms with E-state index in [0.717, 1.165) is 23.8 Å². The van der Waals surface area contributed by atoms with Crippen LogP contribution in [0.5, 0.6) is 5.95 Å². The second kappa shape index (κ2) is 5.77. The fraction of sp³-hybridized carbons (Fsp3) is 0.826. The van der Waals surface area contributed by atoms with Crippen molar-refractivity contribution in [1.82, 2.24) is 0 Å². The second-order valence-corrected chi connectivity index (χ2v) is 10.4. The van der Waals surface area contributed by atoms with Crippen LogP contribution in [0.15, 0.2) is 16.7 Å². The molecule has 4 saturated carbocycles. The van der Waals surface area contributed by atoms with Gasteiger partial charge in [0.05, 0.1) is 12.4 Å². The third-order valence-corrected chi connectivity index (χ3v) is 9.66. The van der Waals surface area contributed by atoms with Crippen LogP contribution in [0.4, 0.5) is 0 Å². The average molecular weight is 359 g/mol. The molecule has 4 aliphatic carbocycles. The normalized spacial score (nSPS) is 50.7. The van der Waals surface area contributed by atoms with E-state index in [1.54, 1.807) is 6.26 Å². The molecule has 0 aliphatic heterocycles. The maximum atomic E-state index is 11.6. The van der Waals surface area contributed by atoms with Gasteiger partial charge in [-0.2, -0.15) is 0 Å². The van der Waals surface area contributed by atoms with Gasteiger partial charge in [0.1, 0.15) is 0 Å². The van der Waals surface area contributed by atoms with Crippen LogP contribution in [0.25, 0.3) is 0 Å². The Balaban J connectivity index is 1.49. The first-order valence-electron chi connectivity index (χ1n) is 10.9. The van der Waals surface area contributed by atoms with Crippen LogP contribution in [0.2, 0.25) is 0 Å². The van der Waals surface area contributed by atoms with Gasteiger partial charge in [0.25, 0.3) is 5.95 Å². The SMILES string of the molecule is C[C@@]12CCC[C@H]1[C@@H]1CCC3CCC(c4ccoc4O)C(O)[C@]3(C)[C@@H]1CC2. The Kier molecular flexibility index (Phi) is 3.81. The third kappa shape index (κ3) is 2.16. The van der Waals surface area contributed by atoms with Crippen molar-refractivity contribution in [2.24, 2.45) is 34.5 Å². The summed E-state index contributed by atoms with van der Waals surface area (Å²) < 4.78 is 5.16. The van der Waals surface area contributed by atoms with Gasteiger partial charge >= 0.3 is 0 Å². The van der Waals surface area contributed by atoms with E-state index in [1.807, 2.05) is 6.07 Å². The first kappa shape index (κ1) is 17.2. The summed E-state index contributed by atoms with van der Waals surface area (Å²) in [7, 11) is 0. The molecule has 0 bridgehead atoms. The van der Waals surface area contributed by atoms with Crippen molar-refractivity contribution in [2.75, 3.05) is 0 Å². The standard InChI is InChI=1S/C23H34O3/c1-22-11-3-4-18(22)17-8-6-14-5-7-15(16-10-13-26-21(16)25)20(24)23(14,2)19(17)9-12-22/h10,13-15,17-20,24-25H,3-9,11-12H2,1-2H3/t14?,15?,17-,18-,19+,20?,22-,23-/m0/s1. The zero-order valence-corrected chi connectivity index (χ0v) is 16.3. The van der Waals surface area contributed by atoms with Crippen molar-refractivity contribution in [3.8, 4) is 5.95 Å². The molecule has 2 N–H and O–H groups in total. The molecule has 26 heavy (non-hydrogen) atoms. The first-order chi connectivity index (χ1) is 12.4. The van der Waals surface area contributed by atoms with Gasteiger partial charge in [0, 0.05) is 11.5 Å². The average Bonchev–Trinajstić information content (AvgIpc) is 3.21. The van der Waals surface area contributed by atoms with Gasteiger partial charge in [-0.15, -0.1) is 0 Å². The Labute approximate surface area is 157 Å². The van der Waals surface area contributed by atoms with Gasteiger partial charge in [-0.25, -0.2) is 0 Å². The number of aromatic hydroxyl groups is 1. The Morgan fingerprint density at radius 1 is 1.00 bits per heavy atom. The Morgan fingerprint density at radius 3 is 2.58 bits per heavy atom. The number of hydrogen-bond acceptors (Lipinski definition) is 3. The molecule has 3 nitrogen and oxygen atoms in total. The van der Waals surface area contributed by atoms with Gasteiger partial charge in [-0.05, 0) is 91.9 Å². The quantitative estimate of drug-likeness (QED) is 0.699. The highest BCUT2D eigenvalue weighted by atomic mass is 16.5. The molecule has 1 heterocycles. The zero-order chi connectivity index (χ0) is 18.1. The van der Waals surface area contributed by atoms with E-state index in [1.165, 1.54) is 51.4 Å². The number of furan rings is 1. The molecule has 3 unspecified atom stereocenters. The monoisotopic (exact) mass is 358 g/mol. The lowest BCUT2D eigenvalue weighted by Crippen LogP contribution is -2.58. The summed E-state index contributed by atoms with van der Waals surface area (Å²) >= 11 is 0. The van der Waals surface area contributed by atoms with Crippen LogP contribution in [-0.2, 0) is 0 Å². The fourth-order valence-electron chi connectivity index (χ4n) is 8.27. The van der Waals surface area contributed by atoms with E-state index in [9.17, 15) is 10.2 Å². The molecule has 0 saturated heterocycles. The van der Waals surface area contributed by atoms with E-state index in [0.29, 0.717) is 17.3 Å². The summed E-state index contributed by atoms with van der Waals surface area (Å²) in [5, 5.41) is 21.7. The number of fused-ring (bicyclic) bond motifs is 5. The Morgan fingerprint density at radius 2 is 1.81 bits per heavy atom. The van der Waals surface area contributed by atoms with E-state index < -0.39 is 0 Å². The summed E-state index contributed by atoms with van der Waals surface area (Å²) in [5.74, 6) is 2.97. The maximum absolute atomic E-state index is 11.6. The summed E-state index contributed by atoms with van der Waals surface area (Å²) in [6.45, 7) is 4.93. The van der Waals surface area contributed by atoms with Gasteiger partial charge in [-0.1, -0.05) is 20.3 Å². The van der Waals surface area contributed by atoms with Crippen molar-refractivity contribution in [3.63, 3.8) is 0 Å². The van der Waals surface area contributed by atoms with Gasteiger partial charge in [-0.3, -0.25) is 0 Å². The smallest absolute Gasteiger partial charge is 0.285 e. The predicted molar refractivity (Wildman–Crippen MR) is 101 cm³/mol. The minimum atomic E-state index is -0.372. The van der Waals surface area contributed by atoms with Gasteiger partial charge in [0.15, 0.2) is 0 Å². The molecule has 144 valence electrons. The summed E-state index contributed by atoms with van der Waals surface area (Å²) in [4.78, 5) is 0. The molecule has 0 spiro atoms. The lowest BCUT2D eigenvalue weighted by Gasteiger charge is -2.62. The van der Waals surface area contributed by atoms with Gasteiger partial charge < -0.3 is 14.6 Å². The maximum Gasteiger partial charge on any atom is 0.285 e. The van der Waals surface area contributed by atoms with Gasteiger partial charge in [0.2, 0.25) is 0 Å². The van der Waals surface area contributed by atoms with E-state index in [2.05, 4.69) is 13.8 Å². The van der Waals surface area contributed by atoms with Crippen LogP contribution < -0.4 is 0 Å². The van der Waals surface area contributed by atoms with Crippen molar-refractivity contribution in [2.45, 2.75) is 83.7 Å². The highest BCUT2D eigenvalue weighted by Gasteiger charge is 2.61. The van der Waals surface area contributed by atoms with E-state index >= 15 is 0 Å². The Bertz CT molecular complexity index is 681. The molecular formula is C23H34O3. The molecule has 5 rings (SSSR count). The minimum absolute atomic E-state index is 0.00970. The third-order valence-electron chi connectivity index (χ3n) is 9.66. The van der Waals surface area contributed by atoms with Crippen LogP contribution in [0.1, 0.15) is 83.1 Å². The number of hydrogen-bond donors (Lipinski definition) is 2. The number of rotatable bonds is 1. The van der Waals surface area contributed by atoms with Crippen LogP contribution >= 0.6 is 0 Å². The molecule has 3 heteroatoms. The summed E-state index contributed by atoms with van der Waals surface area (Å²) in [6.07, 6.45) is 12.8. The highest BCUT2D eigenvalue weighted by molar-refractivity contribution is 5.29. The van der Waals surface area contributed by atoms with Crippen LogP contribution in [0, 0.1) is 34.5 Å². The molecule has 4 fully saturated rings. The molecular weight excluding hydrogens is 324 g/mol. The van der Waals surface area contributed by atoms with E-state index in [-0.39, 0.29) is 23.4 Å². The molecule has 0 aromatic carbocycles. The van der Waals surface area contributed by atoms with Crippen molar-refractivity contribution >= 4 is 0 Å². The second-order valence-electron chi connectivity index (χ2n) is 10.4. The van der Waals surface area contributed by atoms with E-state index in [4.69, 9.17) is 4.42 Å². The lowest BCUT2D eigenvalue weighted by atomic mass is 9.43. The topological polar surface area (TPSA) is 53.6 Å². The van der Waals surface area contributed by atoms with Crippen molar-refractivity contribution < 1.29 is 14.6 Å². The minimum Gasteiger partial charge on any atom is -0.481 e. The fourth-order valence-corrected chi connectivity index (χ4v) is 8.27. The zero-order valence-electron chi connectivity index (χ0n) is 16.3. The summed E-state index contributed by atoms with van der Waals surface area (Å²) in [6, 6.07) is 1.86. The number of aliphatic hydroxyl groups excluding tert-OH is 1. The highest BCUT2D eigenvalue weighted by Crippen LogP contribution is 2.67. The molecule has 1 aromatic heterocycles. The molecule has 0 amide bonds. The Hall–Kier alpha value is -0.960. The molecule has 4 aliphatic rings. The first-order valence-corrected chi connectivity index (χ1v) is 10.9. The molecule has 8 atom stereocenters. The largest absolute Gasteiger partial charge is 0.481 e. The summed E-state index contributed by atoms with van der Waals surface area (Å²) in [5.41, 5.74) is 1.37. The lowest BCUT2D eigenvalue weighted by molar-refractivity contribution is -0.166. The van der Waals surface area contributed by atoms with Crippen LogP contribution in [0.3, 0.4) is 0 Å².